The van der Waals surface area contributed by atoms with Crippen molar-refractivity contribution < 1.29 is 43.3 Å². The molecule has 1 aliphatic heterocycles. The number of rotatable bonds is 7. The van der Waals surface area contributed by atoms with E-state index in [0.717, 1.165) is 0 Å². The van der Waals surface area contributed by atoms with Gasteiger partial charge in [0, 0.05) is 45.6 Å². The Morgan fingerprint density at radius 2 is 1.14 bits per heavy atom. The molecule has 0 spiro atoms. The van der Waals surface area contributed by atoms with Gasteiger partial charge in [0.2, 0.25) is 0 Å². The quantitative estimate of drug-likeness (QED) is 0.0514. The van der Waals surface area contributed by atoms with Crippen molar-refractivity contribution in [2.75, 3.05) is 5.32 Å². The third-order valence-electron chi connectivity index (χ3n) is 9.23. The molecule has 294 valence electrons. The summed E-state index contributed by atoms with van der Waals surface area (Å²) in [6, 6.07) is 12.5. The average Bonchev–Trinajstić information content (AvgIpc) is 3.06. The Kier molecular flexibility index (Phi) is 10.9. The molecule has 2 aliphatic rings. The number of fused-ring (bicyclic) bond motifs is 2. The number of benzene rings is 5. The second-order valence-electron chi connectivity index (χ2n) is 13.1. The van der Waals surface area contributed by atoms with Crippen LogP contribution in [0, 0.1) is 41.5 Å². The van der Waals surface area contributed by atoms with E-state index in [1.165, 1.54) is 26.0 Å². The van der Waals surface area contributed by atoms with E-state index in [-0.39, 0.29) is 75.4 Å². The van der Waals surface area contributed by atoms with Gasteiger partial charge in [0.15, 0.2) is 0 Å². The van der Waals surface area contributed by atoms with Crippen molar-refractivity contribution in [3.63, 3.8) is 0 Å². The lowest BCUT2D eigenvalue weighted by atomic mass is 9.93. The summed E-state index contributed by atoms with van der Waals surface area (Å²) in [7, 11) is -14.3. The maximum atomic E-state index is 13.0. The van der Waals surface area contributed by atoms with E-state index in [4.69, 9.17) is 55.8 Å². The summed E-state index contributed by atoms with van der Waals surface area (Å²) in [4.78, 5) is 3.33. The van der Waals surface area contributed by atoms with Gasteiger partial charge in [0.05, 0.1) is 31.1 Å². The van der Waals surface area contributed by atoms with Crippen molar-refractivity contribution in [1.82, 2.24) is 0 Å². The van der Waals surface area contributed by atoms with E-state index in [1.54, 1.807) is 64.1 Å². The smallest absolute Gasteiger partial charge is 0.296 e. The zero-order chi connectivity index (χ0) is 41.6. The molecule has 1 heterocycles. The summed E-state index contributed by atoms with van der Waals surface area (Å²) in [6.07, 6.45) is 0. The molecule has 6 rings (SSSR count). The van der Waals surface area contributed by atoms with Crippen LogP contribution < -0.4 is 10.7 Å². The first-order valence-electron chi connectivity index (χ1n) is 16.2. The van der Waals surface area contributed by atoms with Crippen LogP contribution in [0.25, 0.3) is 33.4 Å². The number of hydrogen-bond donors (Lipinski definition) is 4. The molecular formula is C37H30Cl4N2O10S3. The minimum absolute atomic E-state index is 0.0965. The van der Waals surface area contributed by atoms with Crippen LogP contribution >= 0.6 is 46.4 Å². The SMILES string of the molecule is Cc1cc(C)c(S(=O)(=O)O)c(C)c1N=c1ccc2c(-c3c(Cl)c(Cl)c(Cl)c(Cl)c3S(=O)(=O)O)c3ccc(Nc4c(C)cc(C)c(S(=O)(=O)O)c4C)cc3oc-2c1. The molecule has 0 saturated heterocycles. The normalized spacial score (nSPS) is 12.9. The standard InChI is InChI=1S/C37H30Cl4N2O10S3/c1-15-11-17(3)35(54(44,45)46)19(5)33(15)42-21-7-9-23-25(13-21)53-26-14-22(43-34-16(2)12-18(4)36(20(34)6)55(47,48)49)8-10-24(26)27(23)28-29(38)30(39)31(40)32(41)37(28)56(50,51)52/h7-14,42H,1-6H3,(H,44,45,46)(H,47,48,49)(H,50,51,52). The zero-order valence-electron chi connectivity index (χ0n) is 30.0. The predicted octanol–water partition coefficient (Wildman–Crippen LogP) is 10.4. The van der Waals surface area contributed by atoms with Crippen LogP contribution in [0.5, 0.6) is 0 Å². The van der Waals surface area contributed by atoms with E-state index >= 15 is 0 Å². The number of nitrogens with zero attached hydrogens (tertiary/aromatic N) is 1. The van der Waals surface area contributed by atoms with Gasteiger partial charge >= 0.3 is 0 Å². The zero-order valence-corrected chi connectivity index (χ0v) is 35.5. The number of aryl methyl sites for hydroxylation is 4. The van der Waals surface area contributed by atoms with Crippen molar-refractivity contribution in [1.29, 1.82) is 0 Å². The maximum Gasteiger partial charge on any atom is 0.296 e. The Morgan fingerprint density at radius 3 is 1.73 bits per heavy atom. The van der Waals surface area contributed by atoms with E-state index < -0.39 is 45.3 Å². The molecule has 0 saturated carbocycles. The number of hydrogen-bond acceptors (Lipinski definition) is 9. The van der Waals surface area contributed by atoms with Gasteiger partial charge in [0.1, 0.15) is 26.0 Å². The fourth-order valence-corrected chi connectivity index (χ4v) is 11.2. The molecule has 0 radical (unpaired) electrons. The lowest BCUT2D eigenvalue weighted by Crippen LogP contribution is -2.08. The maximum absolute atomic E-state index is 13.0. The van der Waals surface area contributed by atoms with E-state index in [0.29, 0.717) is 33.6 Å². The highest BCUT2D eigenvalue weighted by molar-refractivity contribution is 7.86. The predicted molar refractivity (Wildman–Crippen MR) is 218 cm³/mol. The van der Waals surface area contributed by atoms with Gasteiger partial charge in [-0.05, 0) is 99.2 Å². The molecule has 56 heavy (non-hydrogen) atoms. The molecule has 4 aromatic rings. The van der Waals surface area contributed by atoms with Gasteiger partial charge in [-0.25, -0.2) is 4.99 Å². The van der Waals surface area contributed by atoms with Crippen molar-refractivity contribution in [2.24, 2.45) is 4.99 Å². The summed E-state index contributed by atoms with van der Waals surface area (Å²) in [5, 5.41) is 2.04. The topological polar surface area (TPSA) is 201 Å². The minimum atomic E-state index is -5.13. The summed E-state index contributed by atoms with van der Waals surface area (Å²) in [5.41, 5.74) is 3.57. The summed E-state index contributed by atoms with van der Waals surface area (Å²) in [6.45, 7) is 9.63. The molecule has 4 N–H and O–H groups in total. The van der Waals surface area contributed by atoms with Crippen LogP contribution in [0.2, 0.25) is 20.1 Å². The first-order valence-corrected chi connectivity index (χ1v) is 22.0. The Hall–Kier alpha value is -3.74. The van der Waals surface area contributed by atoms with E-state index in [9.17, 15) is 38.9 Å². The van der Waals surface area contributed by atoms with Crippen LogP contribution in [0.1, 0.15) is 33.4 Å². The fourth-order valence-electron chi connectivity index (χ4n) is 7.13. The summed E-state index contributed by atoms with van der Waals surface area (Å²) in [5.74, 6) is 0.0965. The number of nitrogens with one attached hydrogen (secondary N) is 1. The first-order chi connectivity index (χ1) is 25.8. The van der Waals surface area contributed by atoms with Gasteiger partial charge in [-0.2, -0.15) is 25.3 Å². The van der Waals surface area contributed by atoms with E-state index in [1.807, 2.05) is 0 Å². The molecule has 4 aromatic carbocycles. The average molecular weight is 901 g/mol. The van der Waals surface area contributed by atoms with Crippen LogP contribution in [-0.2, 0) is 30.4 Å². The highest BCUT2D eigenvalue weighted by atomic mass is 35.5. The van der Waals surface area contributed by atoms with Crippen molar-refractivity contribution in [3.05, 3.63) is 107 Å². The molecule has 0 atom stereocenters. The monoisotopic (exact) mass is 898 g/mol. The third-order valence-corrected chi connectivity index (χ3v) is 14.4. The minimum Gasteiger partial charge on any atom is -0.456 e. The molecule has 0 fully saturated rings. The van der Waals surface area contributed by atoms with Crippen LogP contribution in [0.15, 0.2) is 72.6 Å². The van der Waals surface area contributed by atoms with Crippen molar-refractivity contribution in [2.45, 2.75) is 56.2 Å². The summed E-state index contributed by atoms with van der Waals surface area (Å²) >= 11 is 25.9. The van der Waals surface area contributed by atoms with Crippen LogP contribution in [0.3, 0.4) is 0 Å². The van der Waals surface area contributed by atoms with Crippen LogP contribution in [-0.4, -0.2) is 38.9 Å². The molecule has 0 amide bonds. The number of anilines is 2. The van der Waals surface area contributed by atoms with Gasteiger partial charge in [-0.15, -0.1) is 0 Å². The highest BCUT2D eigenvalue weighted by Crippen LogP contribution is 2.52. The van der Waals surface area contributed by atoms with Crippen LogP contribution in [0.4, 0.5) is 17.1 Å². The van der Waals surface area contributed by atoms with Gasteiger partial charge in [-0.3, -0.25) is 13.7 Å². The fraction of sp³-hybridized carbons (Fsp3) is 0.162. The molecule has 1 aliphatic carbocycles. The molecule has 19 heteroatoms. The van der Waals surface area contributed by atoms with Crippen molar-refractivity contribution in [3.8, 4) is 22.5 Å². The highest BCUT2D eigenvalue weighted by Gasteiger charge is 2.32. The third kappa shape index (κ3) is 7.41. The van der Waals surface area contributed by atoms with Crippen molar-refractivity contribution >= 4 is 105 Å². The largest absolute Gasteiger partial charge is 0.456 e. The van der Waals surface area contributed by atoms with Gasteiger partial charge in [0.25, 0.3) is 30.4 Å². The van der Waals surface area contributed by atoms with Gasteiger partial charge in [-0.1, -0.05) is 58.5 Å². The number of halogens is 4. The second-order valence-corrected chi connectivity index (χ2v) is 18.7. The Morgan fingerprint density at radius 1 is 0.589 bits per heavy atom. The Bertz CT molecular complexity index is 3090. The second kappa shape index (κ2) is 14.6. The molecule has 0 aromatic heterocycles. The lowest BCUT2D eigenvalue weighted by Gasteiger charge is -2.21. The Labute approximate surface area is 342 Å². The summed E-state index contributed by atoms with van der Waals surface area (Å²) < 4.78 is 112. The first kappa shape index (κ1) is 41.9. The molecule has 0 bridgehead atoms. The van der Waals surface area contributed by atoms with Gasteiger partial charge < -0.3 is 9.73 Å². The molecule has 12 nitrogen and oxygen atoms in total. The lowest BCUT2D eigenvalue weighted by molar-refractivity contribution is 0.479. The Balaban J connectivity index is 1.72. The molecule has 0 unspecified atom stereocenters. The van der Waals surface area contributed by atoms with E-state index in [2.05, 4.69) is 5.32 Å². The molecular weight excluding hydrogens is 870 g/mol.